The van der Waals surface area contributed by atoms with E-state index < -0.39 is 5.97 Å². The molecule has 0 aliphatic rings. The summed E-state index contributed by atoms with van der Waals surface area (Å²) in [5.41, 5.74) is 2.95. The van der Waals surface area contributed by atoms with Gasteiger partial charge in [-0.2, -0.15) is 0 Å². The molecule has 0 amide bonds. The lowest BCUT2D eigenvalue weighted by Crippen LogP contribution is -2.01. The van der Waals surface area contributed by atoms with Crippen molar-refractivity contribution in [3.63, 3.8) is 0 Å². The average molecular weight is 215 g/mol. The van der Waals surface area contributed by atoms with Gasteiger partial charge in [0.15, 0.2) is 0 Å². The Balaban J connectivity index is 2.87. The van der Waals surface area contributed by atoms with Crippen molar-refractivity contribution in [2.75, 3.05) is 0 Å². The van der Waals surface area contributed by atoms with E-state index in [9.17, 15) is 4.79 Å². The van der Waals surface area contributed by atoms with Crippen LogP contribution in [0.3, 0.4) is 0 Å². The predicted molar refractivity (Wildman–Crippen MR) is 62.8 cm³/mol. The van der Waals surface area contributed by atoms with Crippen LogP contribution in [0.5, 0.6) is 0 Å². The third kappa shape index (κ3) is 1.65. The van der Waals surface area contributed by atoms with E-state index in [2.05, 4.69) is 4.98 Å². The minimum atomic E-state index is -0.918. The molecule has 1 N–H and O–H groups in total. The lowest BCUT2D eigenvalue weighted by molar-refractivity contribution is 0.0698. The maximum atomic E-state index is 11.2. The Bertz CT molecular complexity index is 561. The molecule has 0 radical (unpaired) electrons. The van der Waals surface area contributed by atoms with Crippen LogP contribution in [0, 0.1) is 6.92 Å². The zero-order valence-corrected chi connectivity index (χ0v) is 9.32. The van der Waals surface area contributed by atoms with Gasteiger partial charge in [0, 0.05) is 11.6 Å². The Morgan fingerprint density at radius 3 is 2.81 bits per heavy atom. The Morgan fingerprint density at radius 2 is 2.19 bits per heavy atom. The zero-order chi connectivity index (χ0) is 11.7. The fraction of sp³-hybridized carbons (Fsp3) is 0.231. The van der Waals surface area contributed by atoms with Crippen LogP contribution >= 0.6 is 0 Å². The van der Waals surface area contributed by atoms with Crippen molar-refractivity contribution in [3.8, 4) is 0 Å². The van der Waals surface area contributed by atoms with Gasteiger partial charge in [0.05, 0.1) is 11.1 Å². The highest BCUT2D eigenvalue weighted by atomic mass is 16.4. The molecule has 16 heavy (non-hydrogen) atoms. The van der Waals surface area contributed by atoms with Crippen LogP contribution in [-0.4, -0.2) is 16.1 Å². The first-order valence-electron chi connectivity index (χ1n) is 5.25. The number of aryl methyl sites for hydroxylation is 2. The molecule has 0 bridgehead atoms. The molecule has 0 unspecified atom stereocenters. The van der Waals surface area contributed by atoms with Crippen molar-refractivity contribution < 1.29 is 9.90 Å². The fourth-order valence-electron chi connectivity index (χ4n) is 1.81. The summed E-state index contributed by atoms with van der Waals surface area (Å²) in [6, 6.07) is 5.62. The van der Waals surface area contributed by atoms with Gasteiger partial charge in [0.25, 0.3) is 0 Å². The van der Waals surface area contributed by atoms with E-state index in [0.29, 0.717) is 5.52 Å². The summed E-state index contributed by atoms with van der Waals surface area (Å²) >= 11 is 0. The number of hydrogen-bond donors (Lipinski definition) is 1. The molecular weight excluding hydrogens is 202 g/mol. The molecule has 0 aliphatic heterocycles. The van der Waals surface area contributed by atoms with Gasteiger partial charge >= 0.3 is 5.97 Å². The van der Waals surface area contributed by atoms with Gasteiger partial charge in [-0.05, 0) is 42.7 Å². The summed E-state index contributed by atoms with van der Waals surface area (Å²) in [5, 5.41) is 10.1. The summed E-state index contributed by atoms with van der Waals surface area (Å²) in [6.45, 7) is 3.98. The highest BCUT2D eigenvalue weighted by Gasteiger charge is 2.12. The van der Waals surface area contributed by atoms with Crippen molar-refractivity contribution in [1.29, 1.82) is 0 Å². The van der Waals surface area contributed by atoms with E-state index >= 15 is 0 Å². The summed E-state index contributed by atoms with van der Waals surface area (Å²) < 4.78 is 0. The number of carboxylic acids is 1. The van der Waals surface area contributed by atoms with E-state index in [4.69, 9.17) is 5.11 Å². The van der Waals surface area contributed by atoms with Crippen LogP contribution in [0.1, 0.15) is 28.4 Å². The maximum Gasteiger partial charge on any atom is 0.337 e. The predicted octanol–water partition coefficient (Wildman–Crippen LogP) is 2.80. The van der Waals surface area contributed by atoms with Crippen molar-refractivity contribution in [2.45, 2.75) is 20.3 Å². The minimum absolute atomic E-state index is 0.290. The van der Waals surface area contributed by atoms with Crippen LogP contribution in [0.15, 0.2) is 24.4 Å². The van der Waals surface area contributed by atoms with Gasteiger partial charge in [-0.25, -0.2) is 4.79 Å². The molecule has 1 aromatic carbocycles. The lowest BCUT2D eigenvalue weighted by atomic mass is 10.0. The number of carboxylic acid groups (broad SMARTS) is 1. The summed E-state index contributed by atoms with van der Waals surface area (Å²) in [4.78, 5) is 15.3. The van der Waals surface area contributed by atoms with Crippen molar-refractivity contribution in [2.24, 2.45) is 0 Å². The molecule has 0 fully saturated rings. The molecule has 3 nitrogen and oxygen atoms in total. The maximum absolute atomic E-state index is 11.2. The first-order valence-corrected chi connectivity index (χ1v) is 5.25. The van der Waals surface area contributed by atoms with Gasteiger partial charge in [-0.1, -0.05) is 6.92 Å². The molecule has 0 saturated carbocycles. The molecule has 0 spiro atoms. The van der Waals surface area contributed by atoms with Crippen molar-refractivity contribution in [1.82, 2.24) is 4.98 Å². The van der Waals surface area contributed by atoms with Crippen LogP contribution < -0.4 is 0 Å². The molecule has 2 rings (SSSR count). The number of fused-ring (bicyclic) bond motifs is 1. The Morgan fingerprint density at radius 1 is 1.44 bits per heavy atom. The third-order valence-corrected chi connectivity index (χ3v) is 2.76. The van der Waals surface area contributed by atoms with E-state index in [1.165, 1.54) is 0 Å². The normalized spacial score (nSPS) is 10.6. The minimum Gasteiger partial charge on any atom is -0.478 e. The molecular formula is C13H13NO2. The smallest absolute Gasteiger partial charge is 0.337 e. The van der Waals surface area contributed by atoms with Crippen molar-refractivity contribution >= 4 is 16.9 Å². The number of hydrogen-bond acceptors (Lipinski definition) is 2. The summed E-state index contributed by atoms with van der Waals surface area (Å²) in [6.07, 6.45) is 2.47. The van der Waals surface area contributed by atoms with Gasteiger partial charge in [0.2, 0.25) is 0 Å². The zero-order valence-electron chi connectivity index (χ0n) is 9.32. The number of carbonyl (C=O) groups is 1. The lowest BCUT2D eigenvalue weighted by Gasteiger charge is -2.07. The van der Waals surface area contributed by atoms with E-state index in [1.54, 1.807) is 12.3 Å². The first-order chi connectivity index (χ1) is 7.63. The number of benzene rings is 1. The van der Waals surface area contributed by atoms with Gasteiger partial charge in [-0.3, -0.25) is 4.98 Å². The van der Waals surface area contributed by atoms with Crippen LogP contribution in [-0.2, 0) is 6.42 Å². The standard InChI is InChI=1S/C13H13NO2/c1-3-9-6-10-8(2)4-5-14-12(10)11(7-9)13(15)16/h4-7H,3H2,1-2H3,(H,15,16). The van der Waals surface area contributed by atoms with E-state index in [0.717, 1.165) is 22.9 Å². The Kier molecular flexibility index (Phi) is 2.60. The number of rotatable bonds is 2. The third-order valence-electron chi connectivity index (χ3n) is 2.76. The topological polar surface area (TPSA) is 50.2 Å². The highest BCUT2D eigenvalue weighted by Crippen LogP contribution is 2.22. The second-order valence-electron chi connectivity index (χ2n) is 3.83. The highest BCUT2D eigenvalue weighted by molar-refractivity contribution is 6.02. The van der Waals surface area contributed by atoms with Crippen LogP contribution in [0.2, 0.25) is 0 Å². The fourth-order valence-corrected chi connectivity index (χ4v) is 1.81. The molecule has 0 aliphatic carbocycles. The summed E-state index contributed by atoms with van der Waals surface area (Å²) in [7, 11) is 0. The number of nitrogens with zero attached hydrogens (tertiary/aromatic N) is 1. The average Bonchev–Trinajstić information content (AvgIpc) is 2.28. The monoisotopic (exact) mass is 215 g/mol. The molecule has 2 aromatic rings. The Labute approximate surface area is 93.7 Å². The Hall–Kier alpha value is -1.90. The number of aromatic carboxylic acids is 1. The first kappa shape index (κ1) is 10.6. The van der Waals surface area contributed by atoms with Crippen LogP contribution in [0.4, 0.5) is 0 Å². The SMILES string of the molecule is CCc1cc(C(=O)O)c2nccc(C)c2c1. The summed E-state index contributed by atoms with van der Waals surface area (Å²) in [5.74, 6) is -0.918. The van der Waals surface area contributed by atoms with Gasteiger partial charge < -0.3 is 5.11 Å². The van der Waals surface area contributed by atoms with E-state index in [-0.39, 0.29) is 5.56 Å². The molecule has 0 saturated heterocycles. The molecule has 1 aromatic heterocycles. The van der Waals surface area contributed by atoms with Crippen LogP contribution in [0.25, 0.3) is 10.9 Å². The van der Waals surface area contributed by atoms with Gasteiger partial charge in [0.1, 0.15) is 0 Å². The molecule has 3 heteroatoms. The molecule has 1 heterocycles. The molecule has 0 atom stereocenters. The van der Waals surface area contributed by atoms with E-state index in [1.807, 2.05) is 26.0 Å². The van der Waals surface area contributed by atoms with Gasteiger partial charge in [-0.15, -0.1) is 0 Å². The number of aromatic nitrogens is 1. The quantitative estimate of drug-likeness (QED) is 0.838. The number of pyridine rings is 1. The largest absolute Gasteiger partial charge is 0.478 e. The molecule has 82 valence electrons. The second-order valence-corrected chi connectivity index (χ2v) is 3.83. The van der Waals surface area contributed by atoms with Crippen molar-refractivity contribution in [3.05, 3.63) is 41.1 Å². The second kappa shape index (κ2) is 3.93.